The number of halogens is 2. The first-order chi connectivity index (χ1) is 15.7. The smallest absolute Gasteiger partial charge is 0.178 e. The zero-order valence-corrected chi connectivity index (χ0v) is 16.5. The third-order valence-electron chi connectivity index (χ3n) is 5.39. The van der Waals surface area contributed by atoms with E-state index in [1.54, 1.807) is 55.0 Å². The fourth-order valence-electron chi connectivity index (χ4n) is 3.91. The van der Waals surface area contributed by atoms with Crippen LogP contribution in [-0.2, 0) is 0 Å². The summed E-state index contributed by atoms with van der Waals surface area (Å²) in [5.41, 5.74) is 4.45. The zero-order chi connectivity index (χ0) is 21.7. The summed E-state index contributed by atoms with van der Waals surface area (Å²) in [7, 11) is 0. The Labute approximate surface area is 180 Å². The van der Waals surface area contributed by atoms with Crippen LogP contribution in [0.3, 0.4) is 0 Å². The van der Waals surface area contributed by atoms with Crippen LogP contribution in [0.1, 0.15) is 0 Å². The molecule has 0 aliphatic carbocycles. The summed E-state index contributed by atoms with van der Waals surface area (Å²) < 4.78 is 29.4. The molecule has 0 aliphatic heterocycles. The van der Waals surface area contributed by atoms with Crippen molar-refractivity contribution in [1.82, 2.24) is 30.1 Å². The van der Waals surface area contributed by atoms with Crippen LogP contribution < -0.4 is 0 Å². The third-order valence-corrected chi connectivity index (χ3v) is 5.39. The van der Waals surface area contributed by atoms with Crippen LogP contribution in [0.5, 0.6) is 0 Å². The van der Waals surface area contributed by atoms with Crippen molar-refractivity contribution >= 4 is 22.1 Å². The molecule has 2 N–H and O–H groups in total. The summed E-state index contributed by atoms with van der Waals surface area (Å²) in [5, 5.41) is 7.50. The van der Waals surface area contributed by atoms with Crippen LogP contribution in [0.2, 0.25) is 0 Å². The molecule has 0 atom stereocenters. The van der Waals surface area contributed by atoms with Gasteiger partial charge in [0.2, 0.25) is 0 Å². The van der Waals surface area contributed by atoms with Gasteiger partial charge in [-0.1, -0.05) is 18.2 Å². The lowest BCUT2D eigenvalue weighted by Gasteiger charge is -2.04. The minimum absolute atomic E-state index is 0.317. The molecule has 0 spiro atoms. The molecule has 0 unspecified atom stereocenters. The Bertz CT molecular complexity index is 1600. The van der Waals surface area contributed by atoms with E-state index < -0.39 is 5.82 Å². The molecule has 0 bridgehead atoms. The number of benzene rings is 2. The van der Waals surface area contributed by atoms with Gasteiger partial charge >= 0.3 is 0 Å². The summed E-state index contributed by atoms with van der Waals surface area (Å²) in [6.07, 6.45) is 4.86. The average molecular weight is 424 g/mol. The van der Waals surface area contributed by atoms with Crippen molar-refractivity contribution in [2.75, 3.05) is 0 Å². The van der Waals surface area contributed by atoms with Crippen molar-refractivity contribution < 1.29 is 8.78 Å². The van der Waals surface area contributed by atoms with Crippen molar-refractivity contribution in [2.45, 2.75) is 0 Å². The van der Waals surface area contributed by atoms with E-state index in [9.17, 15) is 4.39 Å². The minimum Gasteiger partial charge on any atom is -0.335 e. The number of imidazole rings is 1. The lowest BCUT2D eigenvalue weighted by molar-refractivity contribution is 0.628. The van der Waals surface area contributed by atoms with Crippen molar-refractivity contribution in [3.8, 4) is 33.8 Å². The lowest BCUT2D eigenvalue weighted by atomic mass is 10.0. The topological polar surface area (TPSA) is 83.1 Å². The van der Waals surface area contributed by atoms with Crippen LogP contribution >= 0.6 is 0 Å². The fraction of sp³-hybridized carbons (Fsp3) is 0. The second kappa shape index (κ2) is 7.05. The van der Waals surface area contributed by atoms with Crippen molar-refractivity contribution in [2.24, 2.45) is 0 Å². The van der Waals surface area contributed by atoms with E-state index in [2.05, 4.69) is 30.1 Å². The van der Waals surface area contributed by atoms with E-state index in [0.29, 0.717) is 50.3 Å². The van der Waals surface area contributed by atoms with Gasteiger partial charge in [-0.2, -0.15) is 5.10 Å². The molecule has 8 heteroatoms. The van der Waals surface area contributed by atoms with E-state index in [1.807, 2.05) is 6.07 Å². The number of aromatic amines is 2. The van der Waals surface area contributed by atoms with Crippen molar-refractivity contribution in [3.05, 3.63) is 84.8 Å². The van der Waals surface area contributed by atoms with E-state index in [0.717, 1.165) is 5.56 Å². The molecule has 0 saturated carbocycles. The van der Waals surface area contributed by atoms with Crippen LogP contribution in [0.25, 0.3) is 55.8 Å². The highest BCUT2D eigenvalue weighted by molar-refractivity contribution is 5.97. The van der Waals surface area contributed by atoms with Crippen LogP contribution in [0.4, 0.5) is 8.78 Å². The second-order valence-corrected chi connectivity index (χ2v) is 7.32. The first-order valence-electron chi connectivity index (χ1n) is 9.87. The van der Waals surface area contributed by atoms with Gasteiger partial charge in [0.25, 0.3) is 0 Å². The summed E-state index contributed by atoms with van der Waals surface area (Å²) in [4.78, 5) is 16.1. The number of hydrogen-bond donors (Lipinski definition) is 2. The van der Waals surface area contributed by atoms with E-state index in [4.69, 9.17) is 0 Å². The predicted octanol–water partition coefficient (Wildman–Crippen LogP) is 5.51. The molecule has 0 aliphatic rings. The Kier molecular flexibility index (Phi) is 4.04. The number of hydrogen-bond acceptors (Lipinski definition) is 4. The maximum atomic E-state index is 15.6. The molecule has 0 saturated heterocycles. The summed E-state index contributed by atoms with van der Waals surface area (Å²) in [5.74, 6) is -0.390. The molecule has 2 aromatic carbocycles. The van der Waals surface area contributed by atoms with Gasteiger partial charge in [-0.15, -0.1) is 0 Å². The van der Waals surface area contributed by atoms with Crippen molar-refractivity contribution in [3.63, 3.8) is 0 Å². The van der Waals surface area contributed by atoms with Gasteiger partial charge < -0.3 is 4.98 Å². The molecule has 0 amide bonds. The molecule has 0 fully saturated rings. The van der Waals surface area contributed by atoms with Crippen LogP contribution in [-0.4, -0.2) is 30.1 Å². The van der Waals surface area contributed by atoms with Gasteiger partial charge in [-0.3, -0.25) is 10.1 Å². The Balaban J connectivity index is 1.55. The van der Waals surface area contributed by atoms with Gasteiger partial charge in [-0.25, -0.2) is 18.7 Å². The lowest BCUT2D eigenvalue weighted by Crippen LogP contribution is -1.89. The Morgan fingerprint density at radius 1 is 0.844 bits per heavy atom. The number of nitrogens with zero attached hydrogens (tertiary/aromatic N) is 4. The fourth-order valence-corrected chi connectivity index (χ4v) is 3.91. The SMILES string of the molecule is Fc1cccc(-c2ccnc3nc(-c4n[nH]c5ccc(-c6cccnc6)c(F)c45)[nH]c23)c1. The van der Waals surface area contributed by atoms with E-state index >= 15 is 4.39 Å². The predicted molar refractivity (Wildman–Crippen MR) is 118 cm³/mol. The number of H-pyrrole nitrogens is 2. The highest BCUT2D eigenvalue weighted by atomic mass is 19.1. The van der Waals surface area contributed by atoms with Gasteiger partial charge in [0.1, 0.15) is 17.3 Å². The molecule has 0 radical (unpaired) electrons. The summed E-state index contributed by atoms with van der Waals surface area (Å²) >= 11 is 0. The Hall–Kier alpha value is -4.46. The van der Waals surface area contributed by atoms with Gasteiger partial charge in [0.15, 0.2) is 11.5 Å². The number of rotatable bonds is 3. The molecule has 6 nitrogen and oxygen atoms in total. The minimum atomic E-state index is -0.419. The Morgan fingerprint density at radius 3 is 2.59 bits per heavy atom. The molecule has 154 valence electrons. The first kappa shape index (κ1) is 18.3. The summed E-state index contributed by atoms with van der Waals surface area (Å²) in [6.45, 7) is 0. The average Bonchev–Trinajstić information content (AvgIpc) is 3.44. The van der Waals surface area contributed by atoms with Gasteiger partial charge in [-0.05, 0) is 42.0 Å². The van der Waals surface area contributed by atoms with E-state index in [1.165, 1.54) is 12.1 Å². The van der Waals surface area contributed by atoms with Crippen molar-refractivity contribution in [1.29, 1.82) is 0 Å². The largest absolute Gasteiger partial charge is 0.335 e. The molecule has 6 aromatic rings. The van der Waals surface area contributed by atoms with Crippen LogP contribution in [0.15, 0.2) is 73.2 Å². The van der Waals surface area contributed by atoms with Crippen LogP contribution in [0, 0.1) is 11.6 Å². The van der Waals surface area contributed by atoms with E-state index in [-0.39, 0.29) is 5.82 Å². The molecule has 4 heterocycles. The molecular weight excluding hydrogens is 410 g/mol. The second-order valence-electron chi connectivity index (χ2n) is 7.32. The monoisotopic (exact) mass is 424 g/mol. The normalized spacial score (nSPS) is 11.4. The molecule has 6 rings (SSSR count). The first-order valence-corrected chi connectivity index (χ1v) is 9.87. The standard InChI is InChI=1S/C24H14F2N6/c25-15-5-1-3-13(11-15)17-8-10-28-23-21(17)29-24(30-23)22-19-18(31-32-22)7-6-16(20(19)26)14-4-2-9-27-12-14/h1-12H,(H,31,32)(H,28,29,30). The maximum absolute atomic E-state index is 15.6. The maximum Gasteiger partial charge on any atom is 0.178 e. The highest BCUT2D eigenvalue weighted by Gasteiger charge is 2.20. The number of aromatic nitrogens is 6. The zero-order valence-electron chi connectivity index (χ0n) is 16.5. The number of nitrogens with one attached hydrogen (secondary N) is 2. The number of fused-ring (bicyclic) bond motifs is 2. The molecular formula is C24H14F2N6. The Morgan fingerprint density at radius 2 is 1.75 bits per heavy atom. The quantitative estimate of drug-likeness (QED) is 0.393. The molecule has 32 heavy (non-hydrogen) atoms. The molecule has 4 aromatic heterocycles. The number of pyridine rings is 2. The van der Waals surface area contributed by atoms with Gasteiger partial charge in [0, 0.05) is 35.3 Å². The van der Waals surface area contributed by atoms with Gasteiger partial charge in [0.05, 0.1) is 16.4 Å². The third kappa shape index (κ3) is 2.84. The highest BCUT2D eigenvalue weighted by Crippen LogP contribution is 2.34. The summed E-state index contributed by atoms with van der Waals surface area (Å²) in [6, 6.07) is 15.1.